The maximum absolute atomic E-state index is 12.3. The highest BCUT2D eigenvalue weighted by atomic mass is 16.1. The van der Waals surface area contributed by atoms with Crippen molar-refractivity contribution in [3.8, 4) is 0 Å². The molecule has 2 aromatic rings. The first kappa shape index (κ1) is 17.5. The molecule has 1 saturated heterocycles. The van der Waals surface area contributed by atoms with Gasteiger partial charge in [-0.15, -0.1) is 0 Å². The molecule has 0 aliphatic carbocycles. The molecule has 0 aromatic carbocycles. The van der Waals surface area contributed by atoms with E-state index in [4.69, 9.17) is 0 Å². The molecule has 3 heterocycles. The second kappa shape index (κ2) is 7.74. The topological polar surface area (TPSA) is 95.6 Å². The zero-order valence-corrected chi connectivity index (χ0v) is 15.1. The van der Waals surface area contributed by atoms with Gasteiger partial charge < -0.3 is 10.6 Å². The predicted octanol–water partition coefficient (Wildman–Crippen LogP) is 2.16. The highest BCUT2D eigenvalue weighted by molar-refractivity contribution is 5.91. The first-order chi connectivity index (χ1) is 12.0. The Morgan fingerprint density at radius 2 is 2.16 bits per heavy atom. The number of H-pyrrole nitrogens is 1. The summed E-state index contributed by atoms with van der Waals surface area (Å²) in [5.74, 6) is 1.20. The normalized spacial score (nSPS) is 17.5. The van der Waals surface area contributed by atoms with E-state index >= 15 is 0 Å². The van der Waals surface area contributed by atoms with E-state index in [9.17, 15) is 4.79 Å². The lowest BCUT2D eigenvalue weighted by Crippen LogP contribution is -2.29. The summed E-state index contributed by atoms with van der Waals surface area (Å²) in [5.41, 5.74) is 4.48. The summed E-state index contributed by atoms with van der Waals surface area (Å²) in [7, 11) is 0. The molecule has 7 nitrogen and oxygen atoms in total. The van der Waals surface area contributed by atoms with Crippen molar-refractivity contribution in [3.63, 3.8) is 0 Å². The summed E-state index contributed by atoms with van der Waals surface area (Å²) in [6.07, 6.45) is 3.33. The van der Waals surface area contributed by atoms with Gasteiger partial charge in [-0.1, -0.05) is 0 Å². The van der Waals surface area contributed by atoms with Crippen molar-refractivity contribution in [3.05, 3.63) is 34.7 Å². The number of aryl methyl sites for hydroxylation is 4. The van der Waals surface area contributed by atoms with Crippen LogP contribution in [0.3, 0.4) is 0 Å². The summed E-state index contributed by atoms with van der Waals surface area (Å²) in [4.78, 5) is 21.4. The molecule has 25 heavy (non-hydrogen) atoms. The number of piperidine rings is 1. The van der Waals surface area contributed by atoms with E-state index in [0.717, 1.165) is 53.8 Å². The lowest BCUT2D eigenvalue weighted by molar-refractivity contribution is -0.116. The smallest absolute Gasteiger partial charge is 0.224 e. The van der Waals surface area contributed by atoms with Crippen LogP contribution in [0.1, 0.15) is 53.8 Å². The van der Waals surface area contributed by atoms with E-state index < -0.39 is 0 Å². The first-order valence-electron chi connectivity index (χ1n) is 8.89. The molecule has 3 rings (SSSR count). The van der Waals surface area contributed by atoms with Gasteiger partial charge in [0.15, 0.2) is 0 Å². The SMILES string of the molecule is Cc1nc(CCC(=O)Nc2c(C)n[nH]c2C)cc(C2CCCNC2)n1. The Morgan fingerprint density at radius 3 is 2.84 bits per heavy atom. The lowest BCUT2D eigenvalue weighted by Gasteiger charge is -2.22. The minimum Gasteiger partial charge on any atom is -0.323 e. The lowest BCUT2D eigenvalue weighted by atomic mass is 9.95. The fraction of sp³-hybridized carbons (Fsp3) is 0.556. The molecule has 1 aliphatic rings. The van der Waals surface area contributed by atoms with E-state index in [1.165, 1.54) is 6.42 Å². The maximum atomic E-state index is 12.3. The molecule has 0 bridgehead atoms. The van der Waals surface area contributed by atoms with Gasteiger partial charge in [0, 0.05) is 30.3 Å². The molecule has 1 amide bonds. The van der Waals surface area contributed by atoms with Crippen molar-refractivity contribution < 1.29 is 4.79 Å². The monoisotopic (exact) mass is 342 g/mol. The van der Waals surface area contributed by atoms with Crippen molar-refractivity contribution in [2.24, 2.45) is 0 Å². The minimum atomic E-state index is -0.0234. The summed E-state index contributed by atoms with van der Waals surface area (Å²) in [5, 5.41) is 13.3. The summed E-state index contributed by atoms with van der Waals surface area (Å²) < 4.78 is 0. The molecule has 3 N–H and O–H groups in total. The van der Waals surface area contributed by atoms with Gasteiger partial charge in [0.1, 0.15) is 5.82 Å². The van der Waals surface area contributed by atoms with Crippen molar-refractivity contribution >= 4 is 11.6 Å². The van der Waals surface area contributed by atoms with E-state index in [1.54, 1.807) is 0 Å². The number of anilines is 1. The van der Waals surface area contributed by atoms with Crippen LogP contribution >= 0.6 is 0 Å². The Morgan fingerprint density at radius 1 is 1.32 bits per heavy atom. The molecule has 1 atom stereocenters. The fourth-order valence-corrected chi connectivity index (χ4v) is 3.27. The maximum Gasteiger partial charge on any atom is 0.224 e. The second-order valence-electron chi connectivity index (χ2n) is 6.73. The van der Waals surface area contributed by atoms with E-state index in [-0.39, 0.29) is 5.91 Å². The molecule has 1 unspecified atom stereocenters. The Bertz CT molecular complexity index is 729. The van der Waals surface area contributed by atoms with Crippen molar-refractivity contribution in [1.29, 1.82) is 0 Å². The number of aromatic nitrogens is 4. The third-order valence-electron chi connectivity index (χ3n) is 4.63. The molecule has 0 radical (unpaired) electrons. The first-order valence-corrected chi connectivity index (χ1v) is 8.89. The number of rotatable bonds is 5. The minimum absolute atomic E-state index is 0.0234. The Kier molecular flexibility index (Phi) is 5.43. The van der Waals surface area contributed by atoms with Crippen LogP contribution in [0.15, 0.2) is 6.07 Å². The van der Waals surface area contributed by atoms with Crippen LogP contribution in [0.5, 0.6) is 0 Å². The van der Waals surface area contributed by atoms with Gasteiger partial charge in [0.25, 0.3) is 0 Å². The van der Waals surface area contributed by atoms with Crippen molar-refractivity contribution in [2.45, 2.75) is 52.4 Å². The molecule has 0 saturated carbocycles. The number of hydrogen-bond acceptors (Lipinski definition) is 5. The number of aromatic amines is 1. The number of carbonyl (C=O) groups is 1. The number of carbonyl (C=O) groups excluding carboxylic acids is 1. The van der Waals surface area contributed by atoms with E-state index in [2.05, 4.69) is 36.9 Å². The molecule has 0 spiro atoms. The quantitative estimate of drug-likeness (QED) is 0.774. The van der Waals surface area contributed by atoms with Crippen LogP contribution in [0.2, 0.25) is 0 Å². The summed E-state index contributed by atoms with van der Waals surface area (Å²) in [6.45, 7) is 7.74. The molecular formula is C18H26N6O. The third-order valence-corrected chi connectivity index (χ3v) is 4.63. The third kappa shape index (κ3) is 4.42. The summed E-state index contributed by atoms with van der Waals surface area (Å²) in [6, 6.07) is 2.06. The van der Waals surface area contributed by atoms with Gasteiger partial charge in [-0.3, -0.25) is 9.89 Å². The molecule has 1 fully saturated rings. The zero-order chi connectivity index (χ0) is 17.8. The molecule has 1 aliphatic heterocycles. The van der Waals surface area contributed by atoms with Gasteiger partial charge in [0.2, 0.25) is 5.91 Å². The van der Waals surface area contributed by atoms with Gasteiger partial charge >= 0.3 is 0 Å². The second-order valence-corrected chi connectivity index (χ2v) is 6.73. The molecule has 134 valence electrons. The average molecular weight is 342 g/mol. The van der Waals surface area contributed by atoms with Crippen LogP contribution in [0.4, 0.5) is 5.69 Å². The number of amides is 1. The van der Waals surface area contributed by atoms with Crippen LogP contribution in [-0.2, 0) is 11.2 Å². The van der Waals surface area contributed by atoms with Crippen LogP contribution in [0, 0.1) is 20.8 Å². The van der Waals surface area contributed by atoms with Crippen molar-refractivity contribution in [1.82, 2.24) is 25.5 Å². The molecular weight excluding hydrogens is 316 g/mol. The van der Waals surface area contributed by atoms with Gasteiger partial charge in [-0.2, -0.15) is 5.10 Å². The largest absolute Gasteiger partial charge is 0.323 e. The number of nitrogens with one attached hydrogen (secondary N) is 3. The van der Waals surface area contributed by atoms with Gasteiger partial charge in [-0.25, -0.2) is 9.97 Å². The van der Waals surface area contributed by atoms with Gasteiger partial charge in [-0.05, 0) is 52.6 Å². The van der Waals surface area contributed by atoms with Crippen LogP contribution < -0.4 is 10.6 Å². The van der Waals surface area contributed by atoms with Crippen LogP contribution in [0.25, 0.3) is 0 Å². The zero-order valence-electron chi connectivity index (χ0n) is 15.1. The highest BCUT2D eigenvalue weighted by Gasteiger charge is 2.18. The fourth-order valence-electron chi connectivity index (χ4n) is 3.27. The predicted molar refractivity (Wildman–Crippen MR) is 96.6 cm³/mol. The number of nitrogens with zero attached hydrogens (tertiary/aromatic N) is 3. The van der Waals surface area contributed by atoms with E-state index in [1.807, 2.05) is 20.8 Å². The average Bonchev–Trinajstić information content (AvgIpc) is 2.92. The molecule has 7 heteroatoms. The highest BCUT2D eigenvalue weighted by Crippen LogP contribution is 2.22. The number of hydrogen-bond donors (Lipinski definition) is 3. The Balaban J connectivity index is 1.62. The summed E-state index contributed by atoms with van der Waals surface area (Å²) >= 11 is 0. The van der Waals surface area contributed by atoms with Gasteiger partial charge in [0.05, 0.1) is 17.1 Å². The van der Waals surface area contributed by atoms with Crippen LogP contribution in [-0.4, -0.2) is 39.2 Å². The van der Waals surface area contributed by atoms with Crippen molar-refractivity contribution in [2.75, 3.05) is 18.4 Å². The Hall–Kier alpha value is -2.28. The Labute approximate surface area is 148 Å². The van der Waals surface area contributed by atoms with E-state index in [0.29, 0.717) is 18.8 Å². The molecule has 2 aromatic heterocycles. The standard InChI is InChI=1S/C18H26N6O/c1-11-18(12(2)24-23-11)22-17(25)7-6-15-9-16(21-13(3)20-15)14-5-4-8-19-10-14/h9,14,19H,4-8,10H2,1-3H3,(H,22,25)(H,23,24).